The van der Waals surface area contributed by atoms with Crippen LogP contribution in [0.3, 0.4) is 0 Å². The molecule has 1 aromatic carbocycles. The van der Waals surface area contributed by atoms with E-state index in [4.69, 9.17) is 4.74 Å². The van der Waals surface area contributed by atoms with E-state index >= 15 is 0 Å². The van der Waals surface area contributed by atoms with E-state index in [1.165, 1.54) is 10.7 Å². The third-order valence-electron chi connectivity index (χ3n) is 6.51. The highest BCUT2D eigenvalue weighted by atomic mass is 19.1. The second-order valence-corrected chi connectivity index (χ2v) is 9.12. The van der Waals surface area contributed by atoms with Crippen LogP contribution in [0, 0.1) is 31.4 Å². The fourth-order valence-corrected chi connectivity index (χ4v) is 4.94. The zero-order chi connectivity index (χ0) is 23.9. The summed E-state index contributed by atoms with van der Waals surface area (Å²) in [6.07, 6.45) is 1.24. The van der Waals surface area contributed by atoms with Crippen LogP contribution >= 0.6 is 0 Å². The molecule has 2 atom stereocenters. The van der Waals surface area contributed by atoms with Gasteiger partial charge in [0.2, 0.25) is 5.91 Å². The summed E-state index contributed by atoms with van der Waals surface area (Å²) in [5, 5.41) is 4.34. The van der Waals surface area contributed by atoms with Crippen molar-refractivity contribution < 1.29 is 23.1 Å². The van der Waals surface area contributed by atoms with Gasteiger partial charge in [-0.2, -0.15) is 5.10 Å². The molecular formula is C24H30F2N4O3. The van der Waals surface area contributed by atoms with Crippen LogP contribution in [-0.2, 0) is 9.53 Å². The van der Waals surface area contributed by atoms with E-state index in [0.29, 0.717) is 56.0 Å². The summed E-state index contributed by atoms with van der Waals surface area (Å²) in [5.74, 6) is -1.57. The molecule has 0 saturated carbocycles. The molecule has 7 nitrogen and oxygen atoms in total. The number of rotatable bonds is 3. The van der Waals surface area contributed by atoms with Crippen molar-refractivity contribution in [3.05, 3.63) is 46.8 Å². The number of nitrogens with zero attached hydrogens (tertiary/aromatic N) is 4. The summed E-state index contributed by atoms with van der Waals surface area (Å²) in [4.78, 5) is 29.9. The monoisotopic (exact) mass is 460 g/mol. The second-order valence-electron chi connectivity index (χ2n) is 9.12. The van der Waals surface area contributed by atoms with E-state index in [-0.39, 0.29) is 35.6 Å². The minimum absolute atomic E-state index is 0.0211. The van der Waals surface area contributed by atoms with E-state index < -0.39 is 11.6 Å². The highest BCUT2D eigenvalue weighted by Gasteiger charge is 2.34. The van der Waals surface area contributed by atoms with E-state index in [1.54, 1.807) is 18.7 Å². The van der Waals surface area contributed by atoms with Crippen LogP contribution in [0.1, 0.15) is 48.4 Å². The number of carbonyl (C=O) groups excluding carboxylic acids is 2. The minimum atomic E-state index is -0.745. The summed E-state index contributed by atoms with van der Waals surface area (Å²) >= 11 is 0. The average Bonchev–Trinajstić information content (AvgIpc) is 3.06. The molecule has 4 rings (SSSR count). The number of ether oxygens (including phenoxy) is 1. The van der Waals surface area contributed by atoms with Crippen LogP contribution < -0.4 is 0 Å². The summed E-state index contributed by atoms with van der Waals surface area (Å²) in [5.41, 5.74) is 1.49. The van der Waals surface area contributed by atoms with Gasteiger partial charge in [-0.3, -0.25) is 9.59 Å². The topological polar surface area (TPSA) is 67.7 Å². The standard InChI is InChI=1S/C24H30F2N4O3/c1-14-12-29(13-15(2)33-14)23(31)18-7-9-28(10-8-18)24(32)22-16(3)27-30(17(22)4)21-6-5-19(25)11-20(21)26/h5-6,11,14-15,18H,7-10,12-13H2,1-4H3. The van der Waals surface area contributed by atoms with Crippen LogP contribution in [0.5, 0.6) is 0 Å². The third-order valence-corrected chi connectivity index (χ3v) is 6.51. The van der Waals surface area contributed by atoms with Crippen molar-refractivity contribution in [1.29, 1.82) is 0 Å². The molecule has 2 aliphatic heterocycles. The Morgan fingerprint density at radius 3 is 2.27 bits per heavy atom. The van der Waals surface area contributed by atoms with Crippen molar-refractivity contribution in [2.45, 2.75) is 52.7 Å². The van der Waals surface area contributed by atoms with Gasteiger partial charge in [-0.1, -0.05) is 0 Å². The number of carbonyl (C=O) groups is 2. The lowest BCUT2D eigenvalue weighted by Gasteiger charge is -2.39. The SMILES string of the molecule is Cc1nn(-c2ccc(F)cc2F)c(C)c1C(=O)N1CCC(C(=O)N2CC(C)OC(C)C2)CC1. The molecule has 2 aromatic rings. The number of benzene rings is 1. The Morgan fingerprint density at radius 2 is 1.67 bits per heavy atom. The highest BCUT2D eigenvalue weighted by Crippen LogP contribution is 2.26. The fourth-order valence-electron chi connectivity index (χ4n) is 4.94. The number of likely N-dealkylation sites (tertiary alicyclic amines) is 1. The summed E-state index contributed by atoms with van der Waals surface area (Å²) < 4.78 is 34.7. The first-order valence-corrected chi connectivity index (χ1v) is 11.4. The molecule has 3 heterocycles. The third kappa shape index (κ3) is 4.64. The van der Waals surface area contributed by atoms with Gasteiger partial charge in [0.1, 0.15) is 11.5 Å². The Labute approximate surface area is 192 Å². The molecule has 0 N–H and O–H groups in total. The molecule has 2 amide bonds. The molecule has 1 aromatic heterocycles. The molecule has 2 fully saturated rings. The van der Waals surface area contributed by atoms with E-state index in [0.717, 1.165) is 12.1 Å². The first-order chi connectivity index (χ1) is 15.7. The molecule has 178 valence electrons. The Bertz CT molecular complexity index is 1050. The lowest BCUT2D eigenvalue weighted by Crippen LogP contribution is -2.51. The number of aromatic nitrogens is 2. The van der Waals surface area contributed by atoms with Crippen LogP contribution in [0.4, 0.5) is 8.78 Å². The largest absolute Gasteiger partial charge is 0.372 e. The van der Waals surface area contributed by atoms with Crippen molar-refractivity contribution in [2.75, 3.05) is 26.2 Å². The molecule has 0 spiro atoms. The van der Waals surface area contributed by atoms with E-state index in [2.05, 4.69) is 5.10 Å². The summed E-state index contributed by atoms with van der Waals surface area (Å²) in [7, 11) is 0. The van der Waals surface area contributed by atoms with E-state index in [1.807, 2.05) is 18.7 Å². The zero-order valence-electron chi connectivity index (χ0n) is 19.5. The second kappa shape index (κ2) is 9.21. The Balaban J connectivity index is 1.45. The van der Waals surface area contributed by atoms with Crippen molar-refractivity contribution in [1.82, 2.24) is 19.6 Å². The zero-order valence-corrected chi connectivity index (χ0v) is 19.5. The first-order valence-electron chi connectivity index (χ1n) is 11.4. The first kappa shape index (κ1) is 23.4. The maximum atomic E-state index is 14.3. The molecule has 33 heavy (non-hydrogen) atoms. The predicted octanol–water partition coefficient (Wildman–Crippen LogP) is 3.26. The molecule has 2 unspecified atom stereocenters. The fraction of sp³-hybridized carbons (Fsp3) is 0.542. The van der Waals surface area contributed by atoms with Gasteiger partial charge in [-0.25, -0.2) is 13.5 Å². The van der Waals surface area contributed by atoms with Gasteiger partial charge in [0.15, 0.2) is 5.82 Å². The predicted molar refractivity (Wildman–Crippen MR) is 118 cm³/mol. The van der Waals surface area contributed by atoms with Gasteiger partial charge in [0, 0.05) is 38.2 Å². The molecular weight excluding hydrogens is 430 g/mol. The number of hydrogen-bond donors (Lipinski definition) is 0. The molecule has 2 saturated heterocycles. The van der Waals surface area contributed by atoms with Gasteiger partial charge in [-0.15, -0.1) is 0 Å². The summed E-state index contributed by atoms with van der Waals surface area (Å²) in [6, 6.07) is 3.27. The number of morpholine rings is 1. The van der Waals surface area contributed by atoms with Gasteiger partial charge >= 0.3 is 0 Å². The average molecular weight is 461 g/mol. The lowest BCUT2D eigenvalue weighted by molar-refractivity contribution is -0.148. The molecule has 0 bridgehead atoms. The normalized spacial score (nSPS) is 22.0. The van der Waals surface area contributed by atoms with E-state index in [9.17, 15) is 18.4 Å². The Hall–Kier alpha value is -2.81. The Morgan fingerprint density at radius 1 is 1.03 bits per heavy atom. The van der Waals surface area contributed by atoms with Gasteiger partial charge in [0.05, 0.1) is 29.2 Å². The molecule has 9 heteroatoms. The summed E-state index contributed by atoms with van der Waals surface area (Å²) in [6.45, 7) is 9.49. The van der Waals surface area contributed by atoms with Crippen molar-refractivity contribution in [2.24, 2.45) is 5.92 Å². The minimum Gasteiger partial charge on any atom is -0.372 e. The highest BCUT2D eigenvalue weighted by molar-refractivity contribution is 5.96. The molecule has 2 aliphatic rings. The smallest absolute Gasteiger partial charge is 0.257 e. The van der Waals surface area contributed by atoms with Crippen molar-refractivity contribution in [3.8, 4) is 5.69 Å². The van der Waals surface area contributed by atoms with Crippen LogP contribution in [0.2, 0.25) is 0 Å². The van der Waals surface area contributed by atoms with Crippen LogP contribution in [-0.4, -0.2) is 69.8 Å². The number of hydrogen-bond acceptors (Lipinski definition) is 4. The number of piperidine rings is 1. The number of aryl methyl sites for hydroxylation is 1. The van der Waals surface area contributed by atoms with Crippen LogP contribution in [0.25, 0.3) is 5.69 Å². The van der Waals surface area contributed by atoms with Crippen molar-refractivity contribution >= 4 is 11.8 Å². The molecule has 0 radical (unpaired) electrons. The maximum absolute atomic E-state index is 14.3. The Kier molecular flexibility index (Phi) is 6.52. The van der Waals surface area contributed by atoms with Gasteiger partial charge in [-0.05, 0) is 52.7 Å². The quantitative estimate of drug-likeness (QED) is 0.705. The number of halogens is 2. The number of amides is 2. The lowest BCUT2D eigenvalue weighted by atomic mass is 9.94. The van der Waals surface area contributed by atoms with Crippen LogP contribution in [0.15, 0.2) is 18.2 Å². The van der Waals surface area contributed by atoms with Gasteiger partial charge in [0.25, 0.3) is 5.91 Å². The van der Waals surface area contributed by atoms with Crippen molar-refractivity contribution in [3.63, 3.8) is 0 Å². The molecule has 0 aliphatic carbocycles. The van der Waals surface area contributed by atoms with Gasteiger partial charge < -0.3 is 14.5 Å². The maximum Gasteiger partial charge on any atom is 0.257 e.